The van der Waals surface area contributed by atoms with Crippen molar-refractivity contribution in [3.05, 3.63) is 35.1 Å². The van der Waals surface area contributed by atoms with Gasteiger partial charge in [0.2, 0.25) is 0 Å². The second-order valence-corrected chi connectivity index (χ2v) is 5.39. The first-order valence-corrected chi connectivity index (χ1v) is 6.75. The molecule has 1 aliphatic heterocycles. The van der Waals surface area contributed by atoms with Crippen LogP contribution in [0.2, 0.25) is 0 Å². The molecule has 1 fully saturated rings. The van der Waals surface area contributed by atoms with Crippen LogP contribution in [0.3, 0.4) is 0 Å². The molecule has 0 radical (unpaired) electrons. The molecule has 1 aliphatic rings. The molecule has 4 heteroatoms. The van der Waals surface area contributed by atoms with Crippen molar-refractivity contribution in [2.24, 2.45) is 17.6 Å². The van der Waals surface area contributed by atoms with Crippen LogP contribution in [0.5, 0.6) is 0 Å². The Labute approximate surface area is 113 Å². The Hall–Kier alpha value is -1.44. The number of nitrogens with two attached hydrogens (primary N) is 1. The van der Waals surface area contributed by atoms with E-state index < -0.39 is 0 Å². The Kier molecular flexibility index (Phi) is 4.52. The number of rotatable bonds is 3. The molecule has 0 saturated carbocycles. The van der Waals surface area contributed by atoms with Gasteiger partial charge in [0.15, 0.2) is 0 Å². The van der Waals surface area contributed by atoms with Gasteiger partial charge in [0.1, 0.15) is 11.9 Å². The van der Waals surface area contributed by atoms with E-state index in [0.29, 0.717) is 30.5 Å². The minimum Gasteiger partial charge on any atom is -0.330 e. The number of benzene rings is 1. The summed E-state index contributed by atoms with van der Waals surface area (Å²) in [6.45, 7) is 5.34. The molecule has 19 heavy (non-hydrogen) atoms. The molecule has 2 atom stereocenters. The summed E-state index contributed by atoms with van der Waals surface area (Å²) in [5, 5.41) is 8.84. The molecule has 2 N–H and O–H groups in total. The van der Waals surface area contributed by atoms with Gasteiger partial charge in [0, 0.05) is 18.7 Å². The fourth-order valence-corrected chi connectivity index (χ4v) is 2.70. The molecule has 1 saturated heterocycles. The van der Waals surface area contributed by atoms with E-state index in [1.54, 1.807) is 12.1 Å². The van der Waals surface area contributed by atoms with Gasteiger partial charge in [-0.2, -0.15) is 5.26 Å². The van der Waals surface area contributed by atoms with Gasteiger partial charge >= 0.3 is 0 Å². The van der Waals surface area contributed by atoms with Gasteiger partial charge in [-0.05, 0) is 37.4 Å². The van der Waals surface area contributed by atoms with Gasteiger partial charge in [-0.25, -0.2) is 4.39 Å². The number of hydrogen-bond donors (Lipinski definition) is 1. The summed E-state index contributed by atoms with van der Waals surface area (Å²) in [7, 11) is 0. The number of likely N-dealkylation sites (tertiary alicyclic amines) is 1. The van der Waals surface area contributed by atoms with Crippen LogP contribution in [0, 0.1) is 29.0 Å². The molecule has 1 aromatic carbocycles. The predicted molar refractivity (Wildman–Crippen MR) is 72.7 cm³/mol. The van der Waals surface area contributed by atoms with Crippen LogP contribution in [-0.4, -0.2) is 24.5 Å². The molecule has 0 aromatic heterocycles. The molecule has 2 unspecified atom stereocenters. The molecule has 0 aliphatic carbocycles. The van der Waals surface area contributed by atoms with Gasteiger partial charge in [0.05, 0.1) is 5.56 Å². The first kappa shape index (κ1) is 14.0. The van der Waals surface area contributed by atoms with Gasteiger partial charge in [0.25, 0.3) is 0 Å². The van der Waals surface area contributed by atoms with Crippen LogP contribution in [0.15, 0.2) is 18.2 Å². The molecule has 102 valence electrons. The van der Waals surface area contributed by atoms with Crippen molar-refractivity contribution in [3.63, 3.8) is 0 Å². The molecule has 1 heterocycles. The Balaban J connectivity index is 2.08. The van der Waals surface area contributed by atoms with Gasteiger partial charge in [-0.1, -0.05) is 19.1 Å². The topological polar surface area (TPSA) is 53.0 Å². The van der Waals surface area contributed by atoms with Crippen molar-refractivity contribution in [2.75, 3.05) is 19.6 Å². The summed E-state index contributed by atoms with van der Waals surface area (Å²) in [5.74, 6) is 0.737. The number of hydrogen-bond acceptors (Lipinski definition) is 3. The third-order valence-corrected chi connectivity index (χ3v) is 4.09. The lowest BCUT2D eigenvalue weighted by atomic mass is 9.87. The average Bonchev–Trinajstić information content (AvgIpc) is 2.43. The Morgan fingerprint density at radius 1 is 1.53 bits per heavy atom. The van der Waals surface area contributed by atoms with E-state index in [4.69, 9.17) is 11.0 Å². The molecule has 0 amide bonds. The SMILES string of the molecule is CC1CCN(Cc2cccc(C#N)c2F)CC1CN. The molecular weight excluding hydrogens is 241 g/mol. The highest BCUT2D eigenvalue weighted by molar-refractivity contribution is 5.34. The third-order valence-electron chi connectivity index (χ3n) is 4.09. The standard InChI is InChI=1S/C15H20FN3/c1-11-5-6-19(10-14(11)8-18)9-13-4-2-3-12(7-17)15(13)16/h2-4,11,14H,5-6,8-10,18H2,1H3. The van der Waals surface area contributed by atoms with Gasteiger partial charge in [-0.3, -0.25) is 4.90 Å². The maximum Gasteiger partial charge on any atom is 0.145 e. The van der Waals surface area contributed by atoms with E-state index in [2.05, 4.69) is 11.8 Å². The normalized spacial score (nSPS) is 24.1. The summed E-state index contributed by atoms with van der Waals surface area (Å²) in [5.41, 5.74) is 6.51. The summed E-state index contributed by atoms with van der Waals surface area (Å²) in [4.78, 5) is 2.23. The highest BCUT2D eigenvalue weighted by atomic mass is 19.1. The zero-order chi connectivity index (χ0) is 13.8. The average molecular weight is 261 g/mol. The van der Waals surface area contributed by atoms with Crippen molar-refractivity contribution in [1.82, 2.24) is 4.90 Å². The summed E-state index contributed by atoms with van der Waals surface area (Å²) < 4.78 is 14.0. The minimum absolute atomic E-state index is 0.123. The molecule has 0 spiro atoms. The van der Waals surface area contributed by atoms with Crippen molar-refractivity contribution < 1.29 is 4.39 Å². The van der Waals surface area contributed by atoms with E-state index in [-0.39, 0.29) is 11.4 Å². The Morgan fingerprint density at radius 2 is 2.32 bits per heavy atom. The second-order valence-electron chi connectivity index (χ2n) is 5.39. The monoisotopic (exact) mass is 261 g/mol. The largest absolute Gasteiger partial charge is 0.330 e. The van der Waals surface area contributed by atoms with Crippen LogP contribution in [0.25, 0.3) is 0 Å². The van der Waals surface area contributed by atoms with E-state index in [1.165, 1.54) is 6.07 Å². The lowest BCUT2D eigenvalue weighted by molar-refractivity contribution is 0.125. The molecule has 2 rings (SSSR count). The Bertz CT molecular complexity index is 481. The van der Waals surface area contributed by atoms with Crippen LogP contribution in [-0.2, 0) is 6.54 Å². The highest BCUT2D eigenvalue weighted by Gasteiger charge is 2.25. The van der Waals surface area contributed by atoms with E-state index in [0.717, 1.165) is 19.5 Å². The maximum absolute atomic E-state index is 14.0. The van der Waals surface area contributed by atoms with Gasteiger partial charge in [-0.15, -0.1) is 0 Å². The summed E-state index contributed by atoms with van der Waals surface area (Å²) >= 11 is 0. The summed E-state index contributed by atoms with van der Waals surface area (Å²) in [6, 6.07) is 6.90. The lowest BCUT2D eigenvalue weighted by Gasteiger charge is -2.36. The smallest absolute Gasteiger partial charge is 0.145 e. The van der Waals surface area contributed by atoms with Crippen molar-refractivity contribution in [3.8, 4) is 6.07 Å². The first-order chi connectivity index (χ1) is 9.15. The third kappa shape index (κ3) is 3.12. The van der Waals surface area contributed by atoms with Gasteiger partial charge < -0.3 is 5.73 Å². The van der Waals surface area contributed by atoms with Crippen molar-refractivity contribution >= 4 is 0 Å². The number of nitrogens with zero attached hydrogens (tertiary/aromatic N) is 2. The first-order valence-electron chi connectivity index (χ1n) is 6.75. The summed E-state index contributed by atoms with van der Waals surface area (Å²) in [6.07, 6.45) is 1.10. The number of nitriles is 1. The lowest BCUT2D eigenvalue weighted by Crippen LogP contribution is -2.42. The van der Waals surface area contributed by atoms with E-state index in [1.807, 2.05) is 6.07 Å². The molecule has 0 bridgehead atoms. The minimum atomic E-state index is -0.382. The zero-order valence-corrected chi connectivity index (χ0v) is 11.3. The van der Waals surface area contributed by atoms with E-state index >= 15 is 0 Å². The van der Waals surface area contributed by atoms with Crippen molar-refractivity contribution in [2.45, 2.75) is 19.9 Å². The van der Waals surface area contributed by atoms with E-state index in [9.17, 15) is 4.39 Å². The molecule has 3 nitrogen and oxygen atoms in total. The van der Waals surface area contributed by atoms with Crippen LogP contribution < -0.4 is 5.73 Å². The van der Waals surface area contributed by atoms with Crippen molar-refractivity contribution in [1.29, 1.82) is 5.26 Å². The zero-order valence-electron chi connectivity index (χ0n) is 11.3. The van der Waals surface area contributed by atoms with Crippen LogP contribution >= 0.6 is 0 Å². The molecule has 1 aromatic rings. The predicted octanol–water partition coefficient (Wildman–Crippen LogP) is 2.11. The highest BCUT2D eigenvalue weighted by Crippen LogP contribution is 2.24. The Morgan fingerprint density at radius 3 is 3.00 bits per heavy atom. The quantitative estimate of drug-likeness (QED) is 0.906. The van der Waals surface area contributed by atoms with Crippen LogP contribution in [0.1, 0.15) is 24.5 Å². The number of piperidine rings is 1. The van der Waals surface area contributed by atoms with Crippen LogP contribution in [0.4, 0.5) is 4.39 Å². The fourth-order valence-electron chi connectivity index (χ4n) is 2.70. The molecular formula is C15H20FN3. The maximum atomic E-state index is 14.0. The second kappa shape index (κ2) is 6.14. The number of halogens is 1. The fraction of sp³-hybridized carbons (Fsp3) is 0.533.